The number of halogens is 2. The van der Waals surface area contributed by atoms with Crippen LogP contribution in [0.5, 0.6) is 0 Å². The lowest BCUT2D eigenvalue weighted by Gasteiger charge is -2.41. The number of rotatable bonds is 4. The van der Waals surface area contributed by atoms with E-state index in [1.807, 2.05) is 0 Å². The molecule has 1 aromatic rings. The van der Waals surface area contributed by atoms with Crippen molar-refractivity contribution in [2.75, 3.05) is 7.11 Å². The Morgan fingerprint density at radius 1 is 1.37 bits per heavy atom. The van der Waals surface area contributed by atoms with Crippen LogP contribution in [-0.4, -0.2) is 18.8 Å². The minimum Gasteiger partial charge on any atom is -0.377 e. The third-order valence-corrected chi connectivity index (χ3v) is 4.98. The molecule has 0 heterocycles. The van der Waals surface area contributed by atoms with Crippen molar-refractivity contribution in [3.05, 3.63) is 34.1 Å². The highest BCUT2D eigenvalue weighted by Crippen LogP contribution is 2.35. The first kappa shape index (κ1) is 14.9. The number of hydrogen-bond acceptors (Lipinski definition) is 2. The fourth-order valence-electron chi connectivity index (χ4n) is 2.99. The Bertz CT molecular complexity index is 432. The van der Waals surface area contributed by atoms with Crippen molar-refractivity contribution in [2.24, 2.45) is 5.73 Å². The normalized spacial score (nSPS) is 20.2. The molecule has 1 atom stereocenters. The maximum absolute atomic E-state index is 13.1. The number of nitrogens with two attached hydrogens (primary N) is 1. The molecule has 2 nitrogen and oxygen atoms in total. The van der Waals surface area contributed by atoms with Crippen molar-refractivity contribution in [1.29, 1.82) is 0 Å². The predicted molar refractivity (Wildman–Crippen MR) is 78.6 cm³/mol. The topological polar surface area (TPSA) is 35.2 Å². The van der Waals surface area contributed by atoms with Gasteiger partial charge in [0.1, 0.15) is 5.82 Å². The minimum atomic E-state index is -0.233. The minimum absolute atomic E-state index is 0.0560. The lowest BCUT2D eigenvalue weighted by molar-refractivity contribution is -0.0583. The van der Waals surface area contributed by atoms with Crippen LogP contribution in [0, 0.1) is 5.82 Å². The van der Waals surface area contributed by atoms with Crippen LogP contribution >= 0.6 is 15.9 Å². The zero-order valence-electron chi connectivity index (χ0n) is 11.3. The summed E-state index contributed by atoms with van der Waals surface area (Å²) >= 11 is 3.40. The van der Waals surface area contributed by atoms with Crippen molar-refractivity contribution in [3.8, 4) is 0 Å². The van der Waals surface area contributed by atoms with E-state index in [9.17, 15) is 4.39 Å². The van der Waals surface area contributed by atoms with Gasteiger partial charge in [-0.2, -0.15) is 0 Å². The molecule has 19 heavy (non-hydrogen) atoms. The smallest absolute Gasteiger partial charge is 0.124 e. The molecule has 0 amide bonds. The predicted octanol–water partition coefficient (Wildman–Crippen LogP) is 3.81. The molecular formula is C15H21BrFNO. The molecule has 0 spiro atoms. The van der Waals surface area contributed by atoms with Gasteiger partial charge in [-0.05, 0) is 37.0 Å². The molecule has 1 saturated carbocycles. The Morgan fingerprint density at radius 2 is 2.05 bits per heavy atom. The Hall–Kier alpha value is -0.450. The molecule has 1 aromatic carbocycles. The summed E-state index contributed by atoms with van der Waals surface area (Å²) in [6.07, 6.45) is 6.35. The third kappa shape index (κ3) is 3.36. The Morgan fingerprint density at radius 3 is 2.63 bits per heavy atom. The van der Waals surface area contributed by atoms with E-state index < -0.39 is 0 Å². The molecule has 0 aromatic heterocycles. The molecule has 0 saturated heterocycles. The summed E-state index contributed by atoms with van der Waals surface area (Å²) in [5, 5.41) is 0. The highest BCUT2D eigenvalue weighted by molar-refractivity contribution is 9.10. The lowest BCUT2D eigenvalue weighted by atomic mass is 9.77. The summed E-state index contributed by atoms with van der Waals surface area (Å²) in [4.78, 5) is 0. The molecule has 4 heteroatoms. The molecule has 0 aliphatic heterocycles. The quantitative estimate of drug-likeness (QED) is 0.911. The zero-order chi connectivity index (χ0) is 13.9. The Balaban J connectivity index is 2.12. The van der Waals surface area contributed by atoms with Crippen LogP contribution in [0.3, 0.4) is 0 Å². The molecule has 1 fully saturated rings. The maximum atomic E-state index is 13.1. The molecule has 1 unspecified atom stereocenters. The van der Waals surface area contributed by atoms with Gasteiger partial charge in [0, 0.05) is 17.6 Å². The average molecular weight is 330 g/mol. The second-order valence-corrected chi connectivity index (χ2v) is 6.23. The fraction of sp³-hybridized carbons (Fsp3) is 0.600. The molecule has 1 aliphatic rings. The SMILES string of the molecule is COC1(C(N)Cc2ccc(F)cc2Br)CCCCC1. The first-order valence-corrected chi connectivity index (χ1v) is 7.61. The monoisotopic (exact) mass is 329 g/mol. The van der Waals surface area contributed by atoms with E-state index in [2.05, 4.69) is 15.9 Å². The first-order valence-electron chi connectivity index (χ1n) is 6.82. The second-order valence-electron chi connectivity index (χ2n) is 5.38. The summed E-state index contributed by atoms with van der Waals surface area (Å²) in [5.41, 5.74) is 7.21. The Kier molecular flexibility index (Phi) is 4.98. The summed E-state index contributed by atoms with van der Waals surface area (Å²) in [5.74, 6) is -0.233. The van der Waals surface area contributed by atoms with Gasteiger partial charge in [0.05, 0.1) is 5.60 Å². The van der Waals surface area contributed by atoms with Gasteiger partial charge in [0.15, 0.2) is 0 Å². The molecule has 2 N–H and O–H groups in total. The van der Waals surface area contributed by atoms with Crippen LogP contribution in [0.1, 0.15) is 37.7 Å². The molecular weight excluding hydrogens is 309 g/mol. The number of hydrogen-bond donors (Lipinski definition) is 1. The number of methoxy groups -OCH3 is 1. The Labute approximate surface area is 122 Å². The number of ether oxygens (including phenoxy) is 1. The fourth-order valence-corrected chi connectivity index (χ4v) is 3.50. The zero-order valence-corrected chi connectivity index (χ0v) is 12.9. The van der Waals surface area contributed by atoms with Gasteiger partial charge in [-0.15, -0.1) is 0 Å². The van der Waals surface area contributed by atoms with Gasteiger partial charge in [0.2, 0.25) is 0 Å². The average Bonchev–Trinajstić information content (AvgIpc) is 2.42. The van der Waals surface area contributed by atoms with Crippen LogP contribution in [-0.2, 0) is 11.2 Å². The van der Waals surface area contributed by atoms with E-state index in [4.69, 9.17) is 10.5 Å². The van der Waals surface area contributed by atoms with E-state index >= 15 is 0 Å². The summed E-state index contributed by atoms with van der Waals surface area (Å²) in [6.45, 7) is 0. The molecule has 0 radical (unpaired) electrons. The highest BCUT2D eigenvalue weighted by Gasteiger charge is 2.38. The van der Waals surface area contributed by atoms with Crippen LogP contribution < -0.4 is 5.73 Å². The second kappa shape index (κ2) is 6.33. The van der Waals surface area contributed by atoms with Gasteiger partial charge < -0.3 is 10.5 Å². The van der Waals surface area contributed by atoms with Crippen LogP contribution in [0.25, 0.3) is 0 Å². The largest absolute Gasteiger partial charge is 0.377 e. The molecule has 2 rings (SSSR count). The van der Waals surface area contributed by atoms with Crippen molar-refractivity contribution in [1.82, 2.24) is 0 Å². The molecule has 106 valence electrons. The lowest BCUT2D eigenvalue weighted by Crippen LogP contribution is -2.52. The van der Waals surface area contributed by atoms with Crippen LogP contribution in [0.4, 0.5) is 4.39 Å². The summed E-state index contributed by atoms with van der Waals surface area (Å²) < 4.78 is 19.6. The van der Waals surface area contributed by atoms with E-state index in [-0.39, 0.29) is 17.5 Å². The van der Waals surface area contributed by atoms with Gasteiger partial charge >= 0.3 is 0 Å². The maximum Gasteiger partial charge on any atom is 0.124 e. The molecule has 0 bridgehead atoms. The van der Waals surface area contributed by atoms with Gasteiger partial charge in [-0.25, -0.2) is 4.39 Å². The van der Waals surface area contributed by atoms with Crippen molar-refractivity contribution >= 4 is 15.9 Å². The first-order chi connectivity index (χ1) is 9.07. The van der Waals surface area contributed by atoms with E-state index in [0.717, 1.165) is 22.9 Å². The number of benzene rings is 1. The molecule has 1 aliphatic carbocycles. The third-order valence-electron chi connectivity index (χ3n) is 4.24. The van der Waals surface area contributed by atoms with Gasteiger partial charge in [-0.3, -0.25) is 0 Å². The van der Waals surface area contributed by atoms with Gasteiger partial charge in [-0.1, -0.05) is 41.3 Å². The van der Waals surface area contributed by atoms with E-state index in [0.29, 0.717) is 6.42 Å². The summed E-state index contributed by atoms with van der Waals surface area (Å²) in [6, 6.07) is 4.71. The van der Waals surface area contributed by atoms with Crippen molar-refractivity contribution < 1.29 is 9.13 Å². The van der Waals surface area contributed by atoms with Crippen molar-refractivity contribution in [2.45, 2.75) is 50.2 Å². The van der Waals surface area contributed by atoms with Crippen LogP contribution in [0.15, 0.2) is 22.7 Å². The van der Waals surface area contributed by atoms with Crippen LogP contribution in [0.2, 0.25) is 0 Å². The highest BCUT2D eigenvalue weighted by atomic mass is 79.9. The van der Waals surface area contributed by atoms with Gasteiger partial charge in [0.25, 0.3) is 0 Å². The van der Waals surface area contributed by atoms with Crippen molar-refractivity contribution in [3.63, 3.8) is 0 Å². The van der Waals surface area contributed by atoms with E-state index in [1.54, 1.807) is 13.2 Å². The summed E-state index contributed by atoms with van der Waals surface area (Å²) in [7, 11) is 1.75. The standard InChI is InChI=1S/C15H21BrFNO/c1-19-15(7-3-2-4-8-15)14(18)9-11-5-6-12(17)10-13(11)16/h5-6,10,14H,2-4,7-9,18H2,1H3. The van der Waals surface area contributed by atoms with E-state index in [1.165, 1.54) is 31.4 Å².